The fourth-order valence-corrected chi connectivity index (χ4v) is 3.51. The lowest BCUT2D eigenvalue weighted by molar-refractivity contribution is 0.146. The quantitative estimate of drug-likeness (QED) is 0.592. The highest BCUT2D eigenvalue weighted by atomic mass is 32.2. The molecule has 0 bridgehead atoms. The monoisotopic (exact) mass is 422 g/mol. The van der Waals surface area contributed by atoms with Gasteiger partial charge >= 0.3 is 16.1 Å². The maximum Gasteiger partial charge on any atom is 0.339 e. The van der Waals surface area contributed by atoms with Gasteiger partial charge in [-0.1, -0.05) is 18.2 Å². The average molecular weight is 423 g/mol. The molecule has 2 aromatic rings. The molecule has 0 atom stereocenters. The molecule has 0 fully saturated rings. The molecule has 9 heteroatoms. The van der Waals surface area contributed by atoms with E-state index < -0.39 is 10.1 Å². The molecule has 0 radical (unpaired) electrons. The van der Waals surface area contributed by atoms with Crippen LogP contribution in [0.4, 0.5) is 4.79 Å². The van der Waals surface area contributed by atoms with Crippen molar-refractivity contribution in [1.29, 1.82) is 0 Å². The summed E-state index contributed by atoms with van der Waals surface area (Å²) in [5.41, 5.74) is 0.562. The molecule has 2 amide bonds. The molecular formula is C20H26N2O6S. The van der Waals surface area contributed by atoms with Crippen LogP contribution in [0.3, 0.4) is 0 Å². The number of carbonyl (C=O) groups excluding carboxylic acids is 1. The molecule has 29 heavy (non-hydrogen) atoms. The van der Waals surface area contributed by atoms with E-state index in [1.807, 2.05) is 6.92 Å². The van der Waals surface area contributed by atoms with Crippen molar-refractivity contribution in [2.24, 2.45) is 0 Å². The minimum atomic E-state index is -4.04. The van der Waals surface area contributed by atoms with Gasteiger partial charge < -0.3 is 23.9 Å². The lowest BCUT2D eigenvalue weighted by atomic mass is 10.2. The van der Waals surface area contributed by atoms with Gasteiger partial charge in [0.1, 0.15) is 16.4 Å². The highest BCUT2D eigenvalue weighted by Gasteiger charge is 2.21. The Bertz CT molecular complexity index is 899. The van der Waals surface area contributed by atoms with E-state index >= 15 is 0 Å². The van der Waals surface area contributed by atoms with E-state index in [1.54, 1.807) is 43.5 Å². The SMILES string of the molecule is CCNC(=O)N(CCOC)Cc1ccccc1OS(=O)(=O)c1ccc(OC)cc1. The number of carbonyl (C=O) groups is 1. The zero-order valence-corrected chi connectivity index (χ0v) is 17.6. The van der Waals surface area contributed by atoms with E-state index in [-0.39, 0.29) is 23.2 Å². The largest absolute Gasteiger partial charge is 0.497 e. The van der Waals surface area contributed by atoms with Crippen molar-refractivity contribution in [3.63, 3.8) is 0 Å². The maximum absolute atomic E-state index is 12.7. The Morgan fingerprint density at radius 1 is 1.07 bits per heavy atom. The average Bonchev–Trinajstić information content (AvgIpc) is 2.72. The molecule has 0 saturated heterocycles. The van der Waals surface area contributed by atoms with Crippen molar-refractivity contribution >= 4 is 16.1 Å². The molecule has 0 aliphatic heterocycles. The van der Waals surface area contributed by atoms with Crippen molar-refractivity contribution < 1.29 is 26.9 Å². The van der Waals surface area contributed by atoms with Crippen molar-refractivity contribution in [2.75, 3.05) is 33.9 Å². The van der Waals surface area contributed by atoms with Crippen LogP contribution in [-0.2, 0) is 21.4 Å². The fourth-order valence-electron chi connectivity index (χ4n) is 2.55. The number of methoxy groups -OCH3 is 2. The van der Waals surface area contributed by atoms with Crippen molar-refractivity contribution in [1.82, 2.24) is 10.2 Å². The second-order valence-corrected chi connectivity index (χ2v) is 7.62. The highest BCUT2D eigenvalue weighted by Crippen LogP contribution is 2.25. The number of amides is 2. The number of ether oxygens (including phenoxy) is 2. The van der Waals surface area contributed by atoms with Gasteiger partial charge in [0, 0.05) is 25.8 Å². The van der Waals surface area contributed by atoms with Crippen LogP contribution in [0, 0.1) is 0 Å². The Morgan fingerprint density at radius 2 is 1.76 bits per heavy atom. The minimum absolute atomic E-state index is 0.00747. The molecule has 8 nitrogen and oxygen atoms in total. The van der Waals surface area contributed by atoms with E-state index in [1.165, 1.54) is 24.1 Å². The second-order valence-electron chi connectivity index (χ2n) is 6.07. The first kappa shape index (κ1) is 22.5. The summed E-state index contributed by atoms with van der Waals surface area (Å²) in [6, 6.07) is 12.4. The first-order chi connectivity index (χ1) is 13.9. The molecular weight excluding hydrogens is 396 g/mol. The number of urea groups is 1. The first-order valence-corrected chi connectivity index (χ1v) is 10.5. The number of rotatable bonds is 10. The summed E-state index contributed by atoms with van der Waals surface area (Å²) in [6.45, 7) is 3.17. The minimum Gasteiger partial charge on any atom is -0.497 e. The predicted octanol–water partition coefficient (Wildman–Crippen LogP) is 2.64. The summed E-state index contributed by atoms with van der Waals surface area (Å²) in [5.74, 6) is 0.704. The molecule has 0 aliphatic carbocycles. The fraction of sp³-hybridized carbons (Fsp3) is 0.350. The van der Waals surface area contributed by atoms with E-state index in [9.17, 15) is 13.2 Å². The van der Waals surface area contributed by atoms with Crippen LogP contribution in [0.5, 0.6) is 11.5 Å². The number of para-hydroxylation sites is 1. The number of hydrogen-bond donors (Lipinski definition) is 1. The van der Waals surface area contributed by atoms with E-state index in [0.29, 0.717) is 31.0 Å². The van der Waals surface area contributed by atoms with Gasteiger partial charge in [-0.2, -0.15) is 8.42 Å². The smallest absolute Gasteiger partial charge is 0.339 e. The van der Waals surface area contributed by atoms with Crippen molar-refractivity contribution in [2.45, 2.75) is 18.4 Å². The van der Waals surface area contributed by atoms with E-state index in [4.69, 9.17) is 13.7 Å². The van der Waals surface area contributed by atoms with Crippen LogP contribution in [0.15, 0.2) is 53.4 Å². The van der Waals surface area contributed by atoms with Crippen LogP contribution in [0.1, 0.15) is 12.5 Å². The normalized spacial score (nSPS) is 11.0. The van der Waals surface area contributed by atoms with Gasteiger partial charge in [0.15, 0.2) is 0 Å². The third-order valence-corrected chi connectivity index (χ3v) is 5.31. The molecule has 1 N–H and O–H groups in total. The number of nitrogens with zero attached hydrogens (tertiary/aromatic N) is 1. The van der Waals surface area contributed by atoms with E-state index in [2.05, 4.69) is 5.32 Å². The summed E-state index contributed by atoms with van der Waals surface area (Å²) in [4.78, 5) is 13.9. The molecule has 2 aromatic carbocycles. The number of hydrogen-bond acceptors (Lipinski definition) is 6. The second kappa shape index (κ2) is 10.7. The molecule has 0 spiro atoms. The Kier molecular flexibility index (Phi) is 8.29. The zero-order valence-electron chi connectivity index (χ0n) is 16.8. The molecule has 0 unspecified atom stereocenters. The zero-order chi connectivity index (χ0) is 21.3. The standard InChI is InChI=1S/C20H26N2O6S/c1-4-21-20(23)22(13-14-26-2)15-16-7-5-6-8-19(16)28-29(24,25)18-11-9-17(27-3)10-12-18/h5-12H,4,13-15H2,1-3H3,(H,21,23). The third kappa shape index (κ3) is 6.37. The molecule has 0 aliphatic rings. The Hall–Kier alpha value is -2.78. The van der Waals surface area contributed by atoms with Gasteiger partial charge in [-0.3, -0.25) is 0 Å². The lowest BCUT2D eigenvalue weighted by Crippen LogP contribution is -2.41. The maximum atomic E-state index is 12.7. The summed E-state index contributed by atoms with van der Waals surface area (Å²) in [7, 11) is -0.993. The van der Waals surface area contributed by atoms with Crippen LogP contribution in [-0.4, -0.2) is 53.3 Å². The van der Waals surface area contributed by atoms with Crippen molar-refractivity contribution in [3.05, 3.63) is 54.1 Å². The molecule has 0 saturated carbocycles. The Balaban J connectivity index is 2.25. The highest BCUT2D eigenvalue weighted by molar-refractivity contribution is 7.87. The predicted molar refractivity (Wildman–Crippen MR) is 109 cm³/mol. The van der Waals surface area contributed by atoms with Gasteiger partial charge in [-0.15, -0.1) is 0 Å². The molecule has 0 heterocycles. The third-order valence-electron chi connectivity index (χ3n) is 4.06. The van der Waals surface area contributed by atoms with Crippen LogP contribution in [0.25, 0.3) is 0 Å². The van der Waals surface area contributed by atoms with Crippen molar-refractivity contribution in [3.8, 4) is 11.5 Å². The topological polar surface area (TPSA) is 94.2 Å². The van der Waals surface area contributed by atoms with Crippen LogP contribution in [0.2, 0.25) is 0 Å². The van der Waals surface area contributed by atoms with Crippen LogP contribution < -0.4 is 14.2 Å². The van der Waals surface area contributed by atoms with Gasteiger partial charge in [0.25, 0.3) is 0 Å². The van der Waals surface area contributed by atoms with Gasteiger partial charge in [-0.05, 0) is 37.3 Å². The summed E-state index contributed by atoms with van der Waals surface area (Å²) in [6.07, 6.45) is 0. The summed E-state index contributed by atoms with van der Waals surface area (Å²) < 4.78 is 40.8. The Labute approximate surface area is 171 Å². The summed E-state index contributed by atoms with van der Waals surface area (Å²) in [5, 5.41) is 2.74. The van der Waals surface area contributed by atoms with Gasteiger partial charge in [0.05, 0.1) is 20.3 Å². The first-order valence-electron chi connectivity index (χ1n) is 9.09. The number of benzene rings is 2. The van der Waals surface area contributed by atoms with Crippen LogP contribution >= 0.6 is 0 Å². The summed E-state index contributed by atoms with van der Waals surface area (Å²) >= 11 is 0. The van der Waals surface area contributed by atoms with Gasteiger partial charge in [0.2, 0.25) is 0 Å². The molecule has 2 rings (SSSR count). The molecule has 0 aromatic heterocycles. The lowest BCUT2D eigenvalue weighted by Gasteiger charge is -2.23. The Morgan fingerprint density at radius 3 is 2.38 bits per heavy atom. The van der Waals surface area contributed by atoms with E-state index in [0.717, 1.165) is 0 Å². The van der Waals surface area contributed by atoms with Gasteiger partial charge in [-0.25, -0.2) is 4.79 Å². The molecule has 158 valence electrons. The number of nitrogens with one attached hydrogen (secondary N) is 1.